The first-order valence-corrected chi connectivity index (χ1v) is 5.76. The van der Waals surface area contributed by atoms with Gasteiger partial charge in [0.05, 0.1) is 17.1 Å². The van der Waals surface area contributed by atoms with Crippen molar-refractivity contribution >= 4 is 11.0 Å². The topological polar surface area (TPSA) is 74.7 Å². The molecule has 0 aliphatic carbocycles. The van der Waals surface area contributed by atoms with Crippen LogP contribution in [-0.2, 0) is 0 Å². The lowest BCUT2D eigenvalue weighted by molar-refractivity contribution is 0.873. The zero-order valence-electron chi connectivity index (χ0n) is 9.68. The number of hydrogen-bond donors (Lipinski definition) is 3. The van der Waals surface area contributed by atoms with Crippen LogP contribution in [0.1, 0.15) is 17.2 Å². The van der Waals surface area contributed by atoms with Crippen molar-refractivity contribution in [2.24, 2.45) is 5.73 Å². The molecule has 1 aromatic heterocycles. The van der Waals surface area contributed by atoms with Crippen LogP contribution < -0.4 is 11.4 Å². The molecule has 90 valence electrons. The smallest absolute Gasteiger partial charge is 0.320 e. The number of hydrogen-bond acceptors (Lipinski definition) is 2. The molecule has 0 aliphatic heterocycles. The van der Waals surface area contributed by atoms with E-state index < -0.39 is 0 Å². The molecule has 4 N–H and O–H groups in total. The highest BCUT2D eigenvalue weighted by Gasteiger charge is 2.09. The van der Waals surface area contributed by atoms with E-state index in [0.29, 0.717) is 0 Å². The number of H-pyrrole nitrogens is 2. The minimum Gasteiger partial charge on any atom is -0.320 e. The number of nitrogens with one attached hydrogen (secondary N) is 2. The Bertz CT molecular complexity index is 727. The monoisotopic (exact) mass is 239 g/mol. The third kappa shape index (κ3) is 1.83. The summed E-state index contributed by atoms with van der Waals surface area (Å²) in [4.78, 5) is 16.6. The summed E-state index contributed by atoms with van der Waals surface area (Å²) in [7, 11) is 0. The molecule has 0 bridgehead atoms. The molecule has 1 heterocycles. The van der Waals surface area contributed by atoms with Crippen LogP contribution in [0.3, 0.4) is 0 Å². The van der Waals surface area contributed by atoms with Crippen LogP contribution >= 0.6 is 0 Å². The van der Waals surface area contributed by atoms with Crippen molar-refractivity contribution in [3.63, 3.8) is 0 Å². The van der Waals surface area contributed by atoms with E-state index in [2.05, 4.69) is 9.97 Å². The molecule has 0 saturated carbocycles. The van der Waals surface area contributed by atoms with Crippen molar-refractivity contribution in [1.82, 2.24) is 9.97 Å². The molecule has 4 heteroatoms. The predicted octanol–water partition coefficient (Wildman–Crippen LogP) is 1.90. The summed E-state index contributed by atoms with van der Waals surface area (Å²) in [5, 5.41) is 0. The van der Waals surface area contributed by atoms with Gasteiger partial charge in [-0.05, 0) is 23.3 Å². The second kappa shape index (κ2) is 4.16. The summed E-state index contributed by atoms with van der Waals surface area (Å²) in [5.41, 5.74) is 9.62. The van der Waals surface area contributed by atoms with Crippen LogP contribution in [0.15, 0.2) is 53.3 Å². The highest BCUT2D eigenvalue weighted by molar-refractivity contribution is 5.75. The Labute approximate surface area is 103 Å². The van der Waals surface area contributed by atoms with Crippen LogP contribution in [0.2, 0.25) is 0 Å². The van der Waals surface area contributed by atoms with Crippen molar-refractivity contribution in [3.8, 4) is 0 Å². The quantitative estimate of drug-likeness (QED) is 0.639. The second-order valence-corrected chi connectivity index (χ2v) is 4.27. The molecule has 3 rings (SSSR count). The number of fused-ring (bicyclic) bond motifs is 1. The third-order valence-corrected chi connectivity index (χ3v) is 3.06. The molecule has 2 aromatic carbocycles. The lowest BCUT2D eigenvalue weighted by atomic mass is 9.99. The van der Waals surface area contributed by atoms with Crippen molar-refractivity contribution in [1.29, 1.82) is 0 Å². The number of rotatable bonds is 2. The number of nitrogens with two attached hydrogens (primary N) is 1. The minimum absolute atomic E-state index is 0.186. The molecular weight excluding hydrogens is 226 g/mol. The zero-order valence-corrected chi connectivity index (χ0v) is 9.68. The predicted molar refractivity (Wildman–Crippen MR) is 71.4 cm³/mol. The van der Waals surface area contributed by atoms with Gasteiger partial charge in [-0.2, -0.15) is 0 Å². The summed E-state index contributed by atoms with van der Waals surface area (Å²) in [6, 6.07) is 15.4. The lowest BCUT2D eigenvalue weighted by Crippen LogP contribution is -2.11. The van der Waals surface area contributed by atoms with Crippen LogP contribution in [0.4, 0.5) is 0 Å². The van der Waals surface area contributed by atoms with Gasteiger partial charge < -0.3 is 15.7 Å². The molecular formula is C14H13N3O. The van der Waals surface area contributed by atoms with Gasteiger partial charge >= 0.3 is 5.69 Å². The molecule has 0 aliphatic rings. The van der Waals surface area contributed by atoms with Crippen molar-refractivity contribution in [2.75, 3.05) is 0 Å². The first kappa shape index (κ1) is 10.8. The molecule has 0 fully saturated rings. The second-order valence-electron chi connectivity index (χ2n) is 4.27. The van der Waals surface area contributed by atoms with E-state index in [0.717, 1.165) is 22.2 Å². The van der Waals surface area contributed by atoms with Crippen molar-refractivity contribution in [2.45, 2.75) is 6.04 Å². The Morgan fingerprint density at radius 3 is 2.39 bits per heavy atom. The van der Waals surface area contributed by atoms with Crippen molar-refractivity contribution in [3.05, 3.63) is 70.1 Å². The van der Waals surface area contributed by atoms with Crippen LogP contribution in [-0.4, -0.2) is 9.97 Å². The summed E-state index contributed by atoms with van der Waals surface area (Å²) < 4.78 is 0. The molecule has 1 unspecified atom stereocenters. The van der Waals surface area contributed by atoms with E-state index >= 15 is 0 Å². The number of benzene rings is 2. The minimum atomic E-state index is -0.199. The molecule has 4 nitrogen and oxygen atoms in total. The fourth-order valence-electron chi connectivity index (χ4n) is 2.10. The maximum absolute atomic E-state index is 11.2. The van der Waals surface area contributed by atoms with E-state index in [9.17, 15) is 4.79 Å². The summed E-state index contributed by atoms with van der Waals surface area (Å²) in [6.45, 7) is 0. The average Bonchev–Trinajstić information content (AvgIpc) is 2.78. The van der Waals surface area contributed by atoms with Gasteiger partial charge in [0.1, 0.15) is 0 Å². The maximum Gasteiger partial charge on any atom is 0.323 e. The average molecular weight is 239 g/mol. The summed E-state index contributed by atoms with van der Waals surface area (Å²) in [5.74, 6) is 0. The standard InChI is InChI=1S/C14H13N3O/c15-13(9-4-2-1-3-5-9)10-6-7-11-12(8-10)17-14(18)16-11/h1-8,13H,15H2,(H2,16,17,18). The molecule has 0 saturated heterocycles. The lowest BCUT2D eigenvalue weighted by Gasteiger charge is -2.12. The first-order chi connectivity index (χ1) is 8.74. The number of imidazole rings is 1. The third-order valence-electron chi connectivity index (χ3n) is 3.06. The normalized spacial score (nSPS) is 12.7. The van der Waals surface area contributed by atoms with Gasteiger partial charge in [-0.1, -0.05) is 36.4 Å². The fraction of sp³-hybridized carbons (Fsp3) is 0.0714. The Morgan fingerprint density at radius 1 is 0.889 bits per heavy atom. The molecule has 1 atom stereocenters. The largest absolute Gasteiger partial charge is 0.323 e. The van der Waals surface area contributed by atoms with E-state index in [1.807, 2.05) is 48.5 Å². The van der Waals surface area contributed by atoms with Gasteiger partial charge in [0.2, 0.25) is 0 Å². The Hall–Kier alpha value is -2.33. The highest BCUT2D eigenvalue weighted by Crippen LogP contribution is 2.21. The van der Waals surface area contributed by atoms with Crippen LogP contribution in [0.5, 0.6) is 0 Å². The van der Waals surface area contributed by atoms with E-state index in [1.165, 1.54) is 0 Å². The Kier molecular flexibility index (Phi) is 2.50. The van der Waals surface area contributed by atoms with Gasteiger partial charge in [-0.3, -0.25) is 0 Å². The van der Waals surface area contributed by atoms with Gasteiger partial charge in [0, 0.05) is 0 Å². The van der Waals surface area contributed by atoms with Gasteiger partial charge in [-0.25, -0.2) is 4.79 Å². The van der Waals surface area contributed by atoms with Gasteiger partial charge in [-0.15, -0.1) is 0 Å². The van der Waals surface area contributed by atoms with Crippen LogP contribution in [0, 0.1) is 0 Å². The molecule has 0 amide bonds. The van der Waals surface area contributed by atoms with Gasteiger partial charge in [0.15, 0.2) is 0 Å². The number of aromatic nitrogens is 2. The zero-order chi connectivity index (χ0) is 12.5. The first-order valence-electron chi connectivity index (χ1n) is 5.76. The number of aromatic amines is 2. The molecule has 0 radical (unpaired) electrons. The molecule has 3 aromatic rings. The maximum atomic E-state index is 11.2. The fourth-order valence-corrected chi connectivity index (χ4v) is 2.10. The van der Waals surface area contributed by atoms with E-state index in [-0.39, 0.29) is 11.7 Å². The SMILES string of the molecule is NC(c1ccccc1)c1ccc2[nH]c(=O)[nH]c2c1. The summed E-state index contributed by atoms with van der Waals surface area (Å²) >= 11 is 0. The van der Waals surface area contributed by atoms with Gasteiger partial charge in [0.25, 0.3) is 0 Å². The van der Waals surface area contributed by atoms with Crippen molar-refractivity contribution < 1.29 is 0 Å². The molecule has 18 heavy (non-hydrogen) atoms. The molecule has 0 spiro atoms. The summed E-state index contributed by atoms with van der Waals surface area (Å²) in [6.07, 6.45) is 0. The van der Waals surface area contributed by atoms with E-state index in [1.54, 1.807) is 0 Å². The highest BCUT2D eigenvalue weighted by atomic mass is 16.1. The van der Waals surface area contributed by atoms with E-state index in [4.69, 9.17) is 5.73 Å². The Morgan fingerprint density at radius 2 is 1.61 bits per heavy atom. The Balaban J connectivity index is 2.06. The van der Waals surface area contributed by atoms with Crippen LogP contribution in [0.25, 0.3) is 11.0 Å².